The van der Waals surface area contributed by atoms with E-state index in [1.807, 2.05) is 0 Å². The minimum atomic E-state index is -0.265. The van der Waals surface area contributed by atoms with Crippen LogP contribution in [0.3, 0.4) is 0 Å². The van der Waals surface area contributed by atoms with E-state index in [4.69, 9.17) is 0 Å². The standard InChI is InChI=1S/C44H38N3/c1-32-16-6-9-21-37(32)43-30-33(2)40(34-17-4-3-5-18-34)31-47(43)44-45-28-14-12-24-41(45)38-22-10-7-19-35(38)26-27-36-20-8-11-23-39(36)42-25-13-15-29-46(42)44/h3-25,28-31,44H,26-27H2,1-2H3/q+3. The second kappa shape index (κ2) is 12.3. The van der Waals surface area contributed by atoms with Crippen LogP contribution < -0.4 is 13.7 Å². The van der Waals surface area contributed by atoms with E-state index in [1.54, 1.807) is 0 Å². The number of pyridine rings is 3. The van der Waals surface area contributed by atoms with Gasteiger partial charge in [0.1, 0.15) is 0 Å². The Balaban J connectivity index is 1.53. The molecule has 4 heterocycles. The van der Waals surface area contributed by atoms with Crippen LogP contribution in [0.25, 0.3) is 44.9 Å². The molecule has 0 saturated carbocycles. The Kier molecular flexibility index (Phi) is 7.51. The van der Waals surface area contributed by atoms with Crippen molar-refractivity contribution in [3.8, 4) is 44.9 Å². The van der Waals surface area contributed by atoms with Crippen molar-refractivity contribution in [3.05, 3.63) is 186 Å². The van der Waals surface area contributed by atoms with Crippen LogP contribution in [0.2, 0.25) is 0 Å². The van der Waals surface area contributed by atoms with Crippen molar-refractivity contribution in [2.75, 3.05) is 0 Å². The van der Waals surface area contributed by atoms with E-state index in [-0.39, 0.29) is 6.29 Å². The Morgan fingerprint density at radius 1 is 0.426 bits per heavy atom. The lowest BCUT2D eigenvalue weighted by Crippen LogP contribution is -2.72. The fourth-order valence-electron chi connectivity index (χ4n) is 7.28. The van der Waals surface area contributed by atoms with Gasteiger partial charge in [0.25, 0.3) is 0 Å². The highest BCUT2D eigenvalue weighted by atomic mass is 15.4. The van der Waals surface area contributed by atoms with Gasteiger partial charge in [-0.3, -0.25) is 0 Å². The van der Waals surface area contributed by atoms with Crippen LogP contribution in [-0.2, 0) is 12.8 Å². The normalized spacial score (nSPS) is 12.6. The third kappa shape index (κ3) is 5.24. The third-order valence-corrected chi connectivity index (χ3v) is 9.61. The zero-order chi connectivity index (χ0) is 31.7. The van der Waals surface area contributed by atoms with E-state index in [9.17, 15) is 0 Å². The second-order valence-electron chi connectivity index (χ2n) is 12.5. The lowest BCUT2D eigenvalue weighted by atomic mass is 9.94. The summed E-state index contributed by atoms with van der Waals surface area (Å²) in [6.45, 7) is 4.45. The van der Waals surface area contributed by atoms with Crippen LogP contribution in [0.4, 0.5) is 0 Å². The minimum absolute atomic E-state index is 0.265. The maximum absolute atomic E-state index is 2.49. The summed E-state index contributed by atoms with van der Waals surface area (Å²) in [5.74, 6) is 0. The zero-order valence-electron chi connectivity index (χ0n) is 26.9. The van der Waals surface area contributed by atoms with Gasteiger partial charge in [0.05, 0.1) is 0 Å². The Morgan fingerprint density at radius 2 is 0.936 bits per heavy atom. The van der Waals surface area contributed by atoms with E-state index in [2.05, 4.69) is 192 Å². The van der Waals surface area contributed by atoms with Crippen LogP contribution in [0.5, 0.6) is 0 Å². The van der Waals surface area contributed by atoms with Crippen LogP contribution >= 0.6 is 0 Å². The molecule has 3 heteroatoms. The first-order chi connectivity index (χ1) is 23.2. The highest BCUT2D eigenvalue weighted by molar-refractivity contribution is 5.70. The monoisotopic (exact) mass is 608 g/mol. The average molecular weight is 609 g/mol. The number of hydrogen-bond donors (Lipinski definition) is 0. The van der Waals surface area contributed by atoms with Gasteiger partial charge in [-0.05, 0) is 84.8 Å². The largest absolute Gasteiger partial charge is 0.553 e. The van der Waals surface area contributed by atoms with Crippen molar-refractivity contribution in [1.82, 2.24) is 0 Å². The van der Waals surface area contributed by atoms with Gasteiger partial charge in [-0.25, -0.2) is 0 Å². The summed E-state index contributed by atoms with van der Waals surface area (Å²) in [6.07, 6.45) is 8.54. The highest BCUT2D eigenvalue weighted by Gasteiger charge is 2.45. The molecule has 0 amide bonds. The molecule has 47 heavy (non-hydrogen) atoms. The van der Waals surface area contributed by atoms with Gasteiger partial charge in [0.2, 0.25) is 17.1 Å². The smallest absolute Gasteiger partial charge is 0.0745 e. The summed E-state index contributed by atoms with van der Waals surface area (Å²) in [5.41, 5.74) is 14.9. The molecule has 0 saturated heterocycles. The molecule has 0 fully saturated rings. The minimum Gasteiger partial charge on any atom is -0.0745 e. The summed E-state index contributed by atoms with van der Waals surface area (Å²) in [7, 11) is 0. The number of aromatic nitrogens is 3. The summed E-state index contributed by atoms with van der Waals surface area (Å²) >= 11 is 0. The molecule has 0 radical (unpaired) electrons. The third-order valence-electron chi connectivity index (χ3n) is 9.61. The quantitative estimate of drug-likeness (QED) is 0.178. The molecule has 0 aliphatic carbocycles. The lowest BCUT2D eigenvalue weighted by molar-refractivity contribution is -1.11. The van der Waals surface area contributed by atoms with E-state index in [0.717, 1.165) is 12.8 Å². The number of fused-ring (bicyclic) bond motifs is 6. The Bertz CT molecular complexity index is 2140. The fraction of sp³-hybridized carbons (Fsp3) is 0.114. The van der Waals surface area contributed by atoms with Crippen molar-refractivity contribution >= 4 is 0 Å². The Labute approximate surface area is 277 Å². The number of hydrogen-bond acceptors (Lipinski definition) is 0. The molecule has 0 atom stereocenters. The van der Waals surface area contributed by atoms with Crippen LogP contribution in [-0.4, -0.2) is 0 Å². The molecule has 226 valence electrons. The molecule has 7 aromatic rings. The molecular formula is C44H38N3+3. The fourth-order valence-corrected chi connectivity index (χ4v) is 7.28. The predicted molar refractivity (Wildman–Crippen MR) is 188 cm³/mol. The van der Waals surface area contributed by atoms with Gasteiger partial charge in [-0.2, -0.15) is 0 Å². The van der Waals surface area contributed by atoms with Crippen LogP contribution in [0, 0.1) is 13.8 Å². The molecule has 3 nitrogen and oxygen atoms in total. The number of benzene rings is 4. The molecule has 0 bridgehead atoms. The summed E-state index contributed by atoms with van der Waals surface area (Å²) in [6, 6.07) is 53.0. The maximum Gasteiger partial charge on any atom is 0.553 e. The van der Waals surface area contributed by atoms with Crippen molar-refractivity contribution < 1.29 is 13.7 Å². The molecule has 0 spiro atoms. The topological polar surface area (TPSA) is 11.6 Å². The highest BCUT2D eigenvalue weighted by Crippen LogP contribution is 2.31. The van der Waals surface area contributed by atoms with Crippen molar-refractivity contribution in [1.29, 1.82) is 0 Å². The number of rotatable bonds is 3. The van der Waals surface area contributed by atoms with Gasteiger partial charge in [0.15, 0.2) is 18.6 Å². The van der Waals surface area contributed by atoms with Gasteiger partial charge >= 0.3 is 6.29 Å². The van der Waals surface area contributed by atoms with Crippen molar-refractivity contribution in [3.63, 3.8) is 0 Å². The maximum atomic E-state index is 2.49. The second-order valence-corrected chi connectivity index (χ2v) is 12.5. The molecular weight excluding hydrogens is 571 g/mol. The molecule has 1 aliphatic rings. The first kappa shape index (κ1) is 28.8. The van der Waals surface area contributed by atoms with Crippen LogP contribution in [0.1, 0.15) is 28.5 Å². The van der Waals surface area contributed by atoms with Gasteiger partial charge < -0.3 is 0 Å². The van der Waals surface area contributed by atoms with E-state index in [1.165, 1.54) is 67.2 Å². The first-order valence-electron chi connectivity index (χ1n) is 16.5. The number of aryl methyl sites for hydroxylation is 4. The van der Waals surface area contributed by atoms with Gasteiger partial charge in [0, 0.05) is 52.6 Å². The Hall–Kier alpha value is -5.67. The van der Waals surface area contributed by atoms with Crippen LogP contribution in [0.15, 0.2) is 164 Å². The molecule has 4 aromatic carbocycles. The van der Waals surface area contributed by atoms with E-state index >= 15 is 0 Å². The first-order valence-corrected chi connectivity index (χ1v) is 16.5. The molecule has 3 aromatic heterocycles. The van der Waals surface area contributed by atoms with Crippen molar-refractivity contribution in [2.24, 2.45) is 0 Å². The predicted octanol–water partition coefficient (Wildman–Crippen LogP) is 8.49. The Morgan fingerprint density at radius 3 is 1.53 bits per heavy atom. The summed E-state index contributed by atoms with van der Waals surface area (Å²) in [5, 5.41) is 0. The summed E-state index contributed by atoms with van der Waals surface area (Å²) < 4.78 is 7.41. The lowest BCUT2D eigenvalue weighted by Gasteiger charge is -2.16. The van der Waals surface area contributed by atoms with Gasteiger partial charge in [-0.15, -0.1) is 0 Å². The summed E-state index contributed by atoms with van der Waals surface area (Å²) in [4.78, 5) is 0. The van der Waals surface area contributed by atoms with E-state index < -0.39 is 0 Å². The number of nitrogens with zero attached hydrogens (tertiary/aromatic N) is 3. The van der Waals surface area contributed by atoms with Crippen molar-refractivity contribution in [2.45, 2.75) is 33.0 Å². The molecule has 0 N–H and O–H groups in total. The van der Waals surface area contributed by atoms with E-state index in [0.29, 0.717) is 0 Å². The molecule has 1 aliphatic heterocycles. The molecule has 8 rings (SSSR count). The van der Waals surface area contributed by atoms with Gasteiger partial charge in [-0.1, -0.05) is 98.6 Å². The average Bonchev–Trinajstić information content (AvgIpc) is 3.14. The zero-order valence-corrected chi connectivity index (χ0v) is 26.9. The SMILES string of the molecule is Cc1cc(-c2ccccc2C)[n+](C2[n+]3ccccc3-c3ccccc3CCc3ccccc3-c3cccc[n+]32)cc1-c1ccccc1. The molecule has 0 unspecified atom stereocenters.